The SMILES string of the molecule is CCCCCCCOC(=O)Oc1c2c(c(OC(=O)OCCCCCCC)c3ccccc13)CC(C)=CC2. The van der Waals surface area contributed by atoms with Gasteiger partial charge in [0.1, 0.15) is 11.5 Å². The largest absolute Gasteiger partial charge is 0.513 e. The summed E-state index contributed by atoms with van der Waals surface area (Å²) in [6, 6.07) is 7.51. The highest BCUT2D eigenvalue weighted by molar-refractivity contribution is 5.98. The Bertz CT molecular complexity index is 1070. The topological polar surface area (TPSA) is 71.1 Å². The van der Waals surface area contributed by atoms with E-state index in [0.717, 1.165) is 55.2 Å². The molecule has 0 heterocycles. The molecule has 0 saturated carbocycles. The molecule has 0 bridgehead atoms. The fourth-order valence-corrected chi connectivity index (χ4v) is 4.69. The number of carbonyl (C=O) groups is 2. The number of rotatable bonds is 14. The normalized spacial score (nSPS) is 12.6. The summed E-state index contributed by atoms with van der Waals surface area (Å²) in [6.45, 7) is 7.07. The van der Waals surface area contributed by atoms with Gasteiger partial charge in [0.05, 0.1) is 13.2 Å². The molecular weight excluding hydrogens is 468 g/mol. The number of hydrogen-bond donors (Lipinski definition) is 0. The lowest BCUT2D eigenvalue weighted by Crippen LogP contribution is -2.17. The van der Waals surface area contributed by atoms with Crippen LogP contribution in [0.3, 0.4) is 0 Å². The third-order valence-corrected chi connectivity index (χ3v) is 6.75. The summed E-state index contributed by atoms with van der Waals surface area (Å²) in [5.41, 5.74) is 2.85. The first-order valence-electron chi connectivity index (χ1n) is 14.0. The molecular formula is C31H42O6. The highest BCUT2D eigenvalue weighted by Gasteiger charge is 2.27. The highest BCUT2D eigenvalue weighted by atomic mass is 16.7. The maximum absolute atomic E-state index is 12.6. The van der Waals surface area contributed by atoms with Gasteiger partial charge in [-0.1, -0.05) is 101 Å². The Morgan fingerprint density at radius 1 is 0.703 bits per heavy atom. The minimum absolute atomic E-state index is 0.340. The van der Waals surface area contributed by atoms with Crippen molar-refractivity contribution in [1.29, 1.82) is 0 Å². The number of benzene rings is 2. The number of unbranched alkanes of at least 4 members (excludes halogenated alkanes) is 8. The number of ether oxygens (including phenoxy) is 4. The fourth-order valence-electron chi connectivity index (χ4n) is 4.69. The van der Waals surface area contributed by atoms with E-state index in [1.54, 1.807) is 0 Å². The molecule has 0 fully saturated rings. The summed E-state index contributed by atoms with van der Waals surface area (Å²) < 4.78 is 22.4. The van der Waals surface area contributed by atoms with Crippen LogP contribution in [-0.4, -0.2) is 25.5 Å². The summed E-state index contributed by atoms with van der Waals surface area (Å²) in [7, 11) is 0. The first-order valence-corrected chi connectivity index (χ1v) is 14.0. The van der Waals surface area contributed by atoms with Gasteiger partial charge >= 0.3 is 12.3 Å². The van der Waals surface area contributed by atoms with E-state index >= 15 is 0 Å². The van der Waals surface area contributed by atoms with E-state index in [1.807, 2.05) is 31.2 Å². The molecule has 0 radical (unpaired) electrons. The average Bonchev–Trinajstić information content (AvgIpc) is 2.90. The van der Waals surface area contributed by atoms with E-state index in [2.05, 4.69) is 19.9 Å². The van der Waals surface area contributed by atoms with Crippen LogP contribution in [-0.2, 0) is 22.3 Å². The first kappa shape index (κ1) is 28.5. The minimum Gasteiger partial charge on any atom is -0.434 e. The van der Waals surface area contributed by atoms with Gasteiger partial charge in [-0.3, -0.25) is 0 Å². The van der Waals surface area contributed by atoms with Crippen molar-refractivity contribution in [1.82, 2.24) is 0 Å². The molecule has 0 atom stereocenters. The molecule has 202 valence electrons. The van der Waals surface area contributed by atoms with Crippen molar-refractivity contribution in [2.45, 2.75) is 97.8 Å². The van der Waals surface area contributed by atoms with Crippen LogP contribution in [0.5, 0.6) is 11.5 Å². The summed E-state index contributed by atoms with van der Waals surface area (Å²) >= 11 is 0. The van der Waals surface area contributed by atoms with Crippen LogP contribution in [0.4, 0.5) is 9.59 Å². The number of allylic oxidation sites excluding steroid dienone is 2. The van der Waals surface area contributed by atoms with Crippen LogP contribution in [0.15, 0.2) is 35.9 Å². The van der Waals surface area contributed by atoms with E-state index in [0.29, 0.717) is 48.3 Å². The van der Waals surface area contributed by atoms with E-state index in [9.17, 15) is 9.59 Å². The predicted molar refractivity (Wildman–Crippen MR) is 147 cm³/mol. The maximum Gasteiger partial charge on any atom is 0.513 e. The van der Waals surface area contributed by atoms with Crippen LogP contribution < -0.4 is 9.47 Å². The van der Waals surface area contributed by atoms with Gasteiger partial charge in [-0.25, -0.2) is 9.59 Å². The zero-order chi connectivity index (χ0) is 26.5. The molecule has 1 aliphatic rings. The lowest BCUT2D eigenvalue weighted by atomic mass is 9.87. The molecule has 0 amide bonds. The summed E-state index contributed by atoms with van der Waals surface area (Å²) in [6.07, 6.45) is 12.6. The smallest absolute Gasteiger partial charge is 0.434 e. The highest BCUT2D eigenvalue weighted by Crippen LogP contribution is 2.44. The van der Waals surface area contributed by atoms with Gasteiger partial charge in [0.15, 0.2) is 0 Å². The Labute approximate surface area is 221 Å². The van der Waals surface area contributed by atoms with Gasteiger partial charge in [0.2, 0.25) is 0 Å². The lowest BCUT2D eigenvalue weighted by molar-refractivity contribution is 0.0953. The van der Waals surface area contributed by atoms with Gasteiger partial charge in [-0.2, -0.15) is 0 Å². The molecule has 0 aliphatic heterocycles. The second-order valence-electron chi connectivity index (χ2n) is 9.82. The summed E-state index contributed by atoms with van der Waals surface area (Å²) in [4.78, 5) is 25.2. The van der Waals surface area contributed by atoms with Crippen molar-refractivity contribution in [3.05, 3.63) is 47.0 Å². The molecule has 0 aromatic heterocycles. The number of fused-ring (bicyclic) bond motifs is 2. The van der Waals surface area contributed by atoms with Crippen LogP contribution in [0.2, 0.25) is 0 Å². The van der Waals surface area contributed by atoms with E-state index in [4.69, 9.17) is 18.9 Å². The number of hydrogen-bond acceptors (Lipinski definition) is 6. The van der Waals surface area contributed by atoms with Gasteiger partial charge < -0.3 is 18.9 Å². The molecule has 0 N–H and O–H groups in total. The van der Waals surface area contributed by atoms with Gasteiger partial charge in [0, 0.05) is 21.9 Å². The standard InChI is InChI=1S/C31H42O6/c1-4-6-8-10-14-20-34-30(32)36-28-24-16-12-13-17-25(24)29(27-22-23(3)18-19-26(27)28)37-31(33)35-21-15-11-9-7-5-2/h12-13,16-18H,4-11,14-15,19-22H2,1-3H3. The van der Waals surface area contributed by atoms with E-state index in [1.165, 1.54) is 25.7 Å². The zero-order valence-electron chi connectivity index (χ0n) is 22.7. The maximum atomic E-state index is 12.6. The quantitative estimate of drug-likeness (QED) is 0.109. The second kappa shape index (κ2) is 15.3. The second-order valence-corrected chi connectivity index (χ2v) is 9.82. The predicted octanol–water partition coefficient (Wildman–Crippen LogP) is 8.86. The van der Waals surface area contributed by atoms with Crippen molar-refractivity contribution < 1.29 is 28.5 Å². The molecule has 3 rings (SSSR count). The summed E-state index contributed by atoms with van der Waals surface area (Å²) in [5, 5.41) is 1.41. The lowest BCUT2D eigenvalue weighted by Gasteiger charge is -2.23. The van der Waals surface area contributed by atoms with Gasteiger partial charge in [-0.15, -0.1) is 0 Å². The monoisotopic (exact) mass is 510 g/mol. The Balaban J connectivity index is 1.76. The van der Waals surface area contributed by atoms with Crippen molar-refractivity contribution in [3.63, 3.8) is 0 Å². The zero-order valence-corrected chi connectivity index (χ0v) is 22.7. The molecule has 0 spiro atoms. The number of carbonyl (C=O) groups excluding carboxylic acids is 2. The van der Waals surface area contributed by atoms with Crippen molar-refractivity contribution in [3.8, 4) is 11.5 Å². The third kappa shape index (κ3) is 8.51. The van der Waals surface area contributed by atoms with Crippen molar-refractivity contribution in [2.75, 3.05) is 13.2 Å². The Kier molecular flexibility index (Phi) is 11.8. The molecule has 1 aliphatic carbocycles. The van der Waals surface area contributed by atoms with E-state index < -0.39 is 12.3 Å². The Morgan fingerprint density at radius 3 is 1.70 bits per heavy atom. The molecule has 2 aromatic rings. The average molecular weight is 511 g/mol. The molecule has 2 aromatic carbocycles. The first-order chi connectivity index (χ1) is 18.0. The van der Waals surface area contributed by atoms with Gasteiger partial charge in [0.25, 0.3) is 0 Å². The van der Waals surface area contributed by atoms with Crippen molar-refractivity contribution >= 4 is 23.1 Å². The minimum atomic E-state index is -0.703. The molecule has 0 saturated heterocycles. The third-order valence-electron chi connectivity index (χ3n) is 6.75. The Morgan fingerprint density at radius 2 is 1.19 bits per heavy atom. The molecule has 0 unspecified atom stereocenters. The molecule has 6 heteroatoms. The van der Waals surface area contributed by atoms with E-state index in [-0.39, 0.29) is 0 Å². The van der Waals surface area contributed by atoms with Crippen LogP contribution in [0.25, 0.3) is 10.8 Å². The summed E-state index contributed by atoms with van der Waals surface area (Å²) in [5.74, 6) is 0.952. The molecule has 6 nitrogen and oxygen atoms in total. The van der Waals surface area contributed by atoms with Gasteiger partial charge in [-0.05, 0) is 32.6 Å². The van der Waals surface area contributed by atoms with Crippen LogP contribution in [0, 0.1) is 0 Å². The Hall–Kier alpha value is -3.02. The molecule has 37 heavy (non-hydrogen) atoms. The van der Waals surface area contributed by atoms with Crippen LogP contribution >= 0.6 is 0 Å². The van der Waals surface area contributed by atoms with Crippen molar-refractivity contribution in [2.24, 2.45) is 0 Å². The van der Waals surface area contributed by atoms with Crippen LogP contribution in [0.1, 0.15) is 96.1 Å². The fraction of sp³-hybridized carbons (Fsp3) is 0.548.